The third kappa shape index (κ3) is 6.15. The third-order valence-electron chi connectivity index (χ3n) is 3.48. The van der Waals surface area contributed by atoms with Gasteiger partial charge >= 0.3 is 0 Å². The van der Waals surface area contributed by atoms with Crippen molar-refractivity contribution in [1.82, 2.24) is 10.6 Å². The lowest BCUT2D eigenvalue weighted by atomic mass is 10.1. The van der Waals surface area contributed by atoms with Gasteiger partial charge in [0.05, 0.1) is 0 Å². The van der Waals surface area contributed by atoms with Crippen LogP contribution >= 0.6 is 23.2 Å². The molecular weight excluding hydrogens is 357 g/mol. The number of benzene rings is 2. The summed E-state index contributed by atoms with van der Waals surface area (Å²) in [4.78, 5) is 12.1. The molecule has 1 amide bonds. The van der Waals surface area contributed by atoms with Gasteiger partial charge in [-0.05, 0) is 35.7 Å². The van der Waals surface area contributed by atoms with Crippen molar-refractivity contribution in [2.75, 3.05) is 6.54 Å². The molecule has 2 aromatic carbocycles. The summed E-state index contributed by atoms with van der Waals surface area (Å²) >= 11 is 11.9. The van der Waals surface area contributed by atoms with Crippen LogP contribution in [0.15, 0.2) is 60.3 Å². The molecule has 0 spiro atoms. The summed E-state index contributed by atoms with van der Waals surface area (Å²) in [5.41, 5.74) is 1.93. The van der Waals surface area contributed by atoms with E-state index < -0.39 is 5.91 Å². The first-order chi connectivity index (χ1) is 12.1. The Morgan fingerprint density at radius 3 is 2.52 bits per heavy atom. The van der Waals surface area contributed by atoms with Crippen LogP contribution in [0.1, 0.15) is 11.1 Å². The van der Waals surface area contributed by atoms with Gasteiger partial charge in [0.1, 0.15) is 11.6 Å². The summed E-state index contributed by atoms with van der Waals surface area (Å²) in [6.07, 6.45) is 2.19. The van der Waals surface area contributed by atoms with Gasteiger partial charge in [-0.2, -0.15) is 5.26 Å². The molecule has 6 heteroatoms. The number of nitrogens with one attached hydrogen (secondary N) is 2. The molecule has 0 fully saturated rings. The maximum absolute atomic E-state index is 12.1. The summed E-state index contributed by atoms with van der Waals surface area (Å²) in [5, 5.41) is 16.1. The van der Waals surface area contributed by atoms with Gasteiger partial charge in [0, 0.05) is 29.3 Å². The molecular formula is C19H17Cl2N3O. The van der Waals surface area contributed by atoms with Crippen LogP contribution in [-0.2, 0) is 17.8 Å². The number of hydrogen-bond acceptors (Lipinski definition) is 3. The number of hydrogen-bond donors (Lipinski definition) is 2. The second kappa shape index (κ2) is 9.73. The van der Waals surface area contributed by atoms with E-state index in [-0.39, 0.29) is 12.1 Å². The van der Waals surface area contributed by atoms with Crippen LogP contribution in [0, 0.1) is 11.3 Å². The maximum atomic E-state index is 12.1. The van der Waals surface area contributed by atoms with Crippen LogP contribution in [0.5, 0.6) is 0 Å². The predicted octanol–water partition coefficient (Wildman–Crippen LogP) is 3.85. The summed E-state index contributed by atoms with van der Waals surface area (Å²) in [5.74, 6) is -0.443. The van der Waals surface area contributed by atoms with Crippen molar-refractivity contribution in [1.29, 1.82) is 5.26 Å². The van der Waals surface area contributed by atoms with Gasteiger partial charge in [0.25, 0.3) is 5.91 Å². The Morgan fingerprint density at radius 2 is 1.84 bits per heavy atom. The molecule has 0 saturated heterocycles. The topological polar surface area (TPSA) is 64.9 Å². The molecule has 128 valence electrons. The van der Waals surface area contributed by atoms with Gasteiger partial charge in [-0.3, -0.25) is 4.79 Å². The number of carbonyl (C=O) groups excluding carboxylic acids is 1. The minimum absolute atomic E-state index is 0.0168. The minimum Gasteiger partial charge on any atom is -0.389 e. The number of carbonyl (C=O) groups is 1. The number of amides is 1. The van der Waals surface area contributed by atoms with E-state index >= 15 is 0 Å². The largest absolute Gasteiger partial charge is 0.389 e. The van der Waals surface area contributed by atoms with Gasteiger partial charge in [0.15, 0.2) is 0 Å². The number of halogens is 2. The molecule has 0 bridgehead atoms. The minimum atomic E-state index is -0.443. The summed E-state index contributed by atoms with van der Waals surface area (Å²) in [6.45, 7) is 0.868. The Morgan fingerprint density at radius 1 is 1.12 bits per heavy atom. The van der Waals surface area contributed by atoms with Crippen LogP contribution in [-0.4, -0.2) is 12.5 Å². The monoisotopic (exact) mass is 373 g/mol. The molecule has 25 heavy (non-hydrogen) atoms. The van der Waals surface area contributed by atoms with Crippen molar-refractivity contribution in [2.24, 2.45) is 0 Å². The van der Waals surface area contributed by atoms with E-state index in [2.05, 4.69) is 10.6 Å². The quantitative estimate of drug-likeness (QED) is 0.440. The number of nitriles is 1. The van der Waals surface area contributed by atoms with Crippen LogP contribution < -0.4 is 10.6 Å². The predicted molar refractivity (Wildman–Crippen MR) is 100 cm³/mol. The zero-order chi connectivity index (χ0) is 18.1. The van der Waals surface area contributed by atoms with E-state index in [1.165, 1.54) is 6.20 Å². The van der Waals surface area contributed by atoms with Crippen molar-refractivity contribution in [3.63, 3.8) is 0 Å². The van der Waals surface area contributed by atoms with Crippen molar-refractivity contribution in [3.05, 3.63) is 81.5 Å². The van der Waals surface area contributed by atoms with Crippen molar-refractivity contribution in [3.8, 4) is 6.07 Å². The maximum Gasteiger partial charge on any atom is 0.263 e. The van der Waals surface area contributed by atoms with E-state index in [0.29, 0.717) is 16.6 Å². The fourth-order valence-corrected chi connectivity index (χ4v) is 2.43. The lowest BCUT2D eigenvalue weighted by molar-refractivity contribution is -0.117. The molecule has 0 saturated carbocycles. The Bertz CT molecular complexity index is 795. The van der Waals surface area contributed by atoms with E-state index in [1.54, 1.807) is 6.07 Å². The normalized spacial score (nSPS) is 10.8. The first-order valence-electron chi connectivity index (χ1n) is 7.70. The lowest BCUT2D eigenvalue weighted by Crippen LogP contribution is -2.25. The SMILES string of the molecule is N#C/C(=C/NCCc1ccc(Cl)cc1)C(=O)NCc1ccccc1Cl. The van der Waals surface area contributed by atoms with E-state index in [4.69, 9.17) is 28.5 Å². The molecule has 0 aliphatic rings. The van der Waals surface area contributed by atoms with E-state index in [1.807, 2.05) is 48.5 Å². The standard InChI is InChI=1S/C19H17Cl2N3O/c20-17-7-5-14(6-8-17)9-10-23-12-16(11-22)19(25)24-13-15-3-1-2-4-18(15)21/h1-8,12,23H,9-10,13H2,(H,24,25)/b16-12-. The Hall–Kier alpha value is -2.48. The average Bonchev–Trinajstić information content (AvgIpc) is 2.62. The van der Waals surface area contributed by atoms with Gasteiger partial charge < -0.3 is 10.6 Å². The summed E-state index contributed by atoms with van der Waals surface area (Å²) < 4.78 is 0. The Balaban J connectivity index is 1.82. The van der Waals surface area contributed by atoms with Gasteiger partial charge in [-0.1, -0.05) is 53.5 Å². The highest BCUT2D eigenvalue weighted by Gasteiger charge is 2.09. The first kappa shape index (κ1) is 18.9. The zero-order valence-corrected chi connectivity index (χ0v) is 14.9. The van der Waals surface area contributed by atoms with Crippen molar-refractivity contribution >= 4 is 29.1 Å². The van der Waals surface area contributed by atoms with Crippen molar-refractivity contribution in [2.45, 2.75) is 13.0 Å². The first-order valence-corrected chi connectivity index (χ1v) is 8.45. The molecule has 4 nitrogen and oxygen atoms in total. The molecule has 0 aromatic heterocycles. The van der Waals surface area contributed by atoms with E-state index in [9.17, 15) is 4.79 Å². The van der Waals surface area contributed by atoms with Crippen LogP contribution in [0.25, 0.3) is 0 Å². The highest BCUT2D eigenvalue weighted by Crippen LogP contribution is 2.14. The highest BCUT2D eigenvalue weighted by atomic mass is 35.5. The molecule has 2 aromatic rings. The molecule has 2 N–H and O–H groups in total. The Kier molecular flexibility index (Phi) is 7.34. The summed E-state index contributed by atoms with van der Waals surface area (Å²) in [7, 11) is 0. The van der Waals surface area contributed by atoms with Crippen molar-refractivity contribution < 1.29 is 4.79 Å². The van der Waals surface area contributed by atoms with Gasteiger partial charge in [-0.15, -0.1) is 0 Å². The smallest absolute Gasteiger partial charge is 0.263 e. The van der Waals surface area contributed by atoms with E-state index in [0.717, 1.165) is 17.5 Å². The highest BCUT2D eigenvalue weighted by molar-refractivity contribution is 6.31. The fraction of sp³-hybridized carbons (Fsp3) is 0.158. The zero-order valence-electron chi connectivity index (χ0n) is 13.4. The molecule has 0 atom stereocenters. The number of rotatable bonds is 7. The molecule has 0 heterocycles. The molecule has 0 unspecified atom stereocenters. The van der Waals surface area contributed by atoms with Crippen LogP contribution in [0.4, 0.5) is 0 Å². The average molecular weight is 374 g/mol. The van der Waals surface area contributed by atoms with Gasteiger partial charge in [0.2, 0.25) is 0 Å². The fourth-order valence-electron chi connectivity index (χ4n) is 2.10. The molecule has 0 aliphatic heterocycles. The molecule has 0 radical (unpaired) electrons. The second-order valence-electron chi connectivity index (χ2n) is 5.27. The van der Waals surface area contributed by atoms with Crippen LogP contribution in [0.2, 0.25) is 10.0 Å². The van der Waals surface area contributed by atoms with Crippen LogP contribution in [0.3, 0.4) is 0 Å². The second-order valence-corrected chi connectivity index (χ2v) is 6.12. The Labute approximate surface area is 157 Å². The lowest BCUT2D eigenvalue weighted by Gasteiger charge is -2.07. The third-order valence-corrected chi connectivity index (χ3v) is 4.10. The number of nitrogens with zero attached hydrogens (tertiary/aromatic N) is 1. The summed E-state index contributed by atoms with van der Waals surface area (Å²) in [6, 6.07) is 16.7. The molecule has 2 rings (SSSR count). The molecule has 0 aliphatic carbocycles. The van der Waals surface area contributed by atoms with Gasteiger partial charge in [-0.25, -0.2) is 0 Å².